The van der Waals surface area contributed by atoms with E-state index in [0.29, 0.717) is 20.8 Å². The number of aromatic nitrogens is 2. The molecule has 0 saturated carbocycles. The lowest BCUT2D eigenvalue weighted by Crippen LogP contribution is -2.13. The second-order valence-electron chi connectivity index (χ2n) is 3.38. The van der Waals surface area contributed by atoms with Gasteiger partial charge < -0.3 is 11.5 Å². The smallest absolute Gasteiger partial charge is 0.251 e. The molecule has 5 nitrogen and oxygen atoms in total. The van der Waals surface area contributed by atoms with Gasteiger partial charge >= 0.3 is 0 Å². The lowest BCUT2D eigenvalue weighted by Gasteiger charge is -2.06. The van der Waals surface area contributed by atoms with Crippen molar-refractivity contribution in [2.24, 2.45) is 5.73 Å². The molecule has 2 heterocycles. The highest BCUT2D eigenvalue weighted by Crippen LogP contribution is 2.32. The molecule has 18 heavy (non-hydrogen) atoms. The van der Waals surface area contributed by atoms with E-state index in [-0.39, 0.29) is 5.56 Å². The van der Waals surface area contributed by atoms with E-state index in [4.69, 9.17) is 23.1 Å². The van der Waals surface area contributed by atoms with Crippen molar-refractivity contribution in [3.05, 3.63) is 41.2 Å². The first kappa shape index (κ1) is 12.7. The van der Waals surface area contributed by atoms with Gasteiger partial charge in [0, 0.05) is 6.20 Å². The molecular formula is C11H9ClN4OS. The fraction of sp³-hybridized carbons (Fsp3) is 0. The van der Waals surface area contributed by atoms with E-state index in [2.05, 4.69) is 9.97 Å². The van der Waals surface area contributed by atoms with Crippen molar-refractivity contribution in [1.82, 2.24) is 9.97 Å². The van der Waals surface area contributed by atoms with E-state index < -0.39 is 5.91 Å². The van der Waals surface area contributed by atoms with Crippen molar-refractivity contribution in [3.8, 4) is 0 Å². The van der Waals surface area contributed by atoms with Crippen molar-refractivity contribution in [2.75, 3.05) is 5.73 Å². The molecule has 2 aromatic rings. The Labute approximate surface area is 113 Å². The maximum absolute atomic E-state index is 11.3. The molecule has 2 rings (SSSR count). The summed E-state index contributed by atoms with van der Waals surface area (Å²) in [6.07, 6.45) is 3.06. The summed E-state index contributed by atoms with van der Waals surface area (Å²) in [4.78, 5) is 19.5. The standard InChI is InChI=1S/C11H9ClN4OS/c12-8-2-1-3-15-11(8)18-10-7(9(14)17)4-6(13)5-16-10/h1-5H,13H2,(H2,14,17). The number of rotatable bonds is 3. The largest absolute Gasteiger partial charge is 0.397 e. The van der Waals surface area contributed by atoms with Crippen molar-refractivity contribution < 1.29 is 4.79 Å². The Morgan fingerprint density at radius 3 is 2.78 bits per heavy atom. The van der Waals surface area contributed by atoms with Crippen LogP contribution in [0.15, 0.2) is 40.6 Å². The van der Waals surface area contributed by atoms with Gasteiger partial charge in [-0.1, -0.05) is 11.6 Å². The Morgan fingerprint density at radius 1 is 1.33 bits per heavy atom. The molecule has 0 bridgehead atoms. The molecule has 0 spiro atoms. The van der Waals surface area contributed by atoms with Crippen molar-refractivity contribution >= 4 is 35.0 Å². The molecule has 0 unspecified atom stereocenters. The summed E-state index contributed by atoms with van der Waals surface area (Å²) >= 11 is 7.15. The minimum absolute atomic E-state index is 0.252. The van der Waals surface area contributed by atoms with Crippen LogP contribution in [0.4, 0.5) is 5.69 Å². The number of amides is 1. The fourth-order valence-corrected chi connectivity index (χ4v) is 2.34. The predicted molar refractivity (Wildman–Crippen MR) is 70.5 cm³/mol. The van der Waals surface area contributed by atoms with Crippen LogP contribution in [0.1, 0.15) is 10.4 Å². The van der Waals surface area contributed by atoms with Gasteiger partial charge in [0.1, 0.15) is 10.1 Å². The third-order valence-electron chi connectivity index (χ3n) is 2.06. The van der Waals surface area contributed by atoms with Gasteiger partial charge in [0.2, 0.25) is 0 Å². The minimum atomic E-state index is -0.593. The van der Waals surface area contributed by atoms with Crippen molar-refractivity contribution in [2.45, 2.75) is 10.1 Å². The van der Waals surface area contributed by atoms with Crippen LogP contribution < -0.4 is 11.5 Å². The minimum Gasteiger partial charge on any atom is -0.397 e. The summed E-state index contributed by atoms with van der Waals surface area (Å²) < 4.78 is 0. The van der Waals surface area contributed by atoms with Gasteiger partial charge in [0.05, 0.1) is 22.5 Å². The van der Waals surface area contributed by atoms with Gasteiger partial charge in [0.25, 0.3) is 5.91 Å². The lowest BCUT2D eigenvalue weighted by atomic mass is 10.2. The zero-order chi connectivity index (χ0) is 13.1. The second kappa shape index (κ2) is 5.24. The van der Waals surface area contributed by atoms with Crippen LogP contribution in [-0.2, 0) is 0 Å². The Hall–Kier alpha value is -1.79. The molecule has 7 heteroatoms. The Kier molecular flexibility index (Phi) is 3.69. The molecule has 1 amide bonds. The van der Waals surface area contributed by atoms with Crippen LogP contribution in [-0.4, -0.2) is 15.9 Å². The number of pyridine rings is 2. The lowest BCUT2D eigenvalue weighted by molar-refractivity contribution is 0.0997. The summed E-state index contributed by atoms with van der Waals surface area (Å²) in [6, 6.07) is 4.91. The van der Waals surface area contributed by atoms with E-state index >= 15 is 0 Å². The van der Waals surface area contributed by atoms with Crippen LogP contribution in [0, 0.1) is 0 Å². The monoisotopic (exact) mass is 280 g/mol. The number of carbonyl (C=O) groups is 1. The number of halogens is 1. The maximum atomic E-state index is 11.3. The number of primary amides is 1. The number of nitrogen functional groups attached to an aromatic ring is 1. The molecule has 0 aliphatic carbocycles. The first-order valence-corrected chi connectivity index (χ1v) is 6.11. The van der Waals surface area contributed by atoms with Crippen LogP contribution >= 0.6 is 23.4 Å². The van der Waals surface area contributed by atoms with Gasteiger partial charge in [-0.15, -0.1) is 0 Å². The van der Waals surface area contributed by atoms with Crippen molar-refractivity contribution in [3.63, 3.8) is 0 Å². The van der Waals surface area contributed by atoms with Gasteiger partial charge in [-0.2, -0.15) is 0 Å². The zero-order valence-corrected chi connectivity index (χ0v) is 10.7. The SMILES string of the molecule is NC(=O)c1cc(N)cnc1Sc1ncccc1Cl. The van der Waals surface area contributed by atoms with Gasteiger partial charge in [0.15, 0.2) is 0 Å². The van der Waals surface area contributed by atoms with E-state index in [1.54, 1.807) is 18.3 Å². The van der Waals surface area contributed by atoms with Crippen LogP contribution in [0.2, 0.25) is 5.02 Å². The summed E-state index contributed by atoms with van der Waals surface area (Å²) in [5, 5.41) is 1.47. The van der Waals surface area contributed by atoms with E-state index in [0.717, 1.165) is 0 Å². The number of hydrogen-bond acceptors (Lipinski definition) is 5. The highest BCUT2D eigenvalue weighted by atomic mass is 35.5. The van der Waals surface area contributed by atoms with Gasteiger partial charge in [-0.05, 0) is 30.0 Å². The van der Waals surface area contributed by atoms with E-state index in [1.165, 1.54) is 24.0 Å². The first-order valence-electron chi connectivity index (χ1n) is 4.91. The molecule has 92 valence electrons. The van der Waals surface area contributed by atoms with E-state index in [9.17, 15) is 4.79 Å². The van der Waals surface area contributed by atoms with Crippen LogP contribution in [0.5, 0.6) is 0 Å². The third-order valence-corrected chi connectivity index (χ3v) is 3.51. The highest BCUT2D eigenvalue weighted by Gasteiger charge is 2.13. The van der Waals surface area contributed by atoms with Gasteiger partial charge in [-0.25, -0.2) is 9.97 Å². The Balaban J connectivity index is 2.41. The zero-order valence-electron chi connectivity index (χ0n) is 9.13. The normalized spacial score (nSPS) is 10.3. The quantitative estimate of drug-likeness (QED) is 0.896. The van der Waals surface area contributed by atoms with E-state index in [1.807, 2.05) is 0 Å². The average Bonchev–Trinajstić information content (AvgIpc) is 2.34. The summed E-state index contributed by atoms with van der Waals surface area (Å²) in [5.41, 5.74) is 11.5. The average molecular weight is 281 g/mol. The van der Waals surface area contributed by atoms with Crippen LogP contribution in [0.3, 0.4) is 0 Å². The van der Waals surface area contributed by atoms with Crippen molar-refractivity contribution in [1.29, 1.82) is 0 Å². The number of anilines is 1. The fourth-order valence-electron chi connectivity index (χ4n) is 1.26. The molecule has 0 atom stereocenters. The topological polar surface area (TPSA) is 94.9 Å². The number of hydrogen-bond donors (Lipinski definition) is 2. The summed E-state index contributed by atoms with van der Waals surface area (Å²) in [5.74, 6) is -0.593. The molecule has 0 radical (unpaired) electrons. The molecule has 2 aromatic heterocycles. The number of carbonyl (C=O) groups excluding carboxylic acids is 1. The summed E-state index contributed by atoms with van der Waals surface area (Å²) in [6.45, 7) is 0. The molecule has 0 saturated heterocycles. The molecular weight excluding hydrogens is 272 g/mol. The third kappa shape index (κ3) is 2.72. The molecule has 0 aliphatic heterocycles. The number of nitrogens with two attached hydrogens (primary N) is 2. The second-order valence-corrected chi connectivity index (χ2v) is 4.76. The first-order chi connectivity index (χ1) is 8.58. The summed E-state index contributed by atoms with van der Waals surface area (Å²) in [7, 11) is 0. The number of nitrogens with zero attached hydrogens (tertiary/aromatic N) is 2. The Bertz CT molecular complexity index is 605. The molecule has 0 aliphatic rings. The van der Waals surface area contributed by atoms with Gasteiger partial charge in [-0.3, -0.25) is 4.79 Å². The molecule has 4 N–H and O–H groups in total. The maximum Gasteiger partial charge on any atom is 0.251 e. The Morgan fingerprint density at radius 2 is 2.11 bits per heavy atom. The van der Waals surface area contributed by atoms with Crippen LogP contribution in [0.25, 0.3) is 0 Å². The molecule has 0 fully saturated rings. The predicted octanol–water partition coefficient (Wildman–Crippen LogP) is 1.96. The highest BCUT2D eigenvalue weighted by molar-refractivity contribution is 7.99. The molecule has 0 aromatic carbocycles.